The molecule has 1 heterocycles. The molecule has 0 bridgehead atoms. The van der Waals surface area contributed by atoms with E-state index >= 15 is 0 Å². The van der Waals surface area contributed by atoms with Gasteiger partial charge in [-0.2, -0.15) is 0 Å². The summed E-state index contributed by atoms with van der Waals surface area (Å²) in [5.41, 5.74) is 0.615. The summed E-state index contributed by atoms with van der Waals surface area (Å²) in [5.74, 6) is -1.07. The summed E-state index contributed by atoms with van der Waals surface area (Å²) < 4.78 is 0. The molecule has 1 aromatic heterocycles. The maximum Gasteiger partial charge on any atom is 0.307 e. The molecule has 1 saturated carbocycles. The number of aromatic nitrogens is 1. The van der Waals surface area contributed by atoms with Crippen LogP contribution in [-0.2, 0) is 4.79 Å². The molecule has 0 saturated heterocycles. The van der Waals surface area contributed by atoms with Crippen LogP contribution in [0.4, 0.5) is 0 Å². The molecule has 0 aromatic carbocycles. The van der Waals surface area contributed by atoms with Crippen molar-refractivity contribution in [3.05, 3.63) is 29.0 Å². The number of aliphatic carboxylic acids is 1. The number of carboxylic acid groups (broad SMARTS) is 1. The minimum atomic E-state index is -0.748. The quantitative estimate of drug-likeness (QED) is 0.842. The van der Waals surface area contributed by atoms with Crippen molar-refractivity contribution in [2.45, 2.75) is 19.8 Å². The van der Waals surface area contributed by atoms with E-state index in [0.717, 1.165) is 5.69 Å². The van der Waals surface area contributed by atoms with Gasteiger partial charge in [0.25, 0.3) is 0 Å². The average Bonchev–Trinajstić information content (AvgIpc) is 2.70. The van der Waals surface area contributed by atoms with Crippen LogP contribution in [0.25, 0.3) is 0 Å². The smallest absolute Gasteiger partial charge is 0.307 e. The monoisotopic (exact) mass is 225 g/mol. The molecule has 1 aliphatic carbocycles. The molecule has 2 rings (SSSR count). The lowest BCUT2D eigenvalue weighted by atomic mass is 10.1. The van der Waals surface area contributed by atoms with Crippen molar-refractivity contribution in [2.24, 2.45) is 11.3 Å². The molecule has 1 fully saturated rings. The second kappa shape index (κ2) is 3.20. The highest BCUT2D eigenvalue weighted by atomic mass is 35.5. The van der Waals surface area contributed by atoms with Gasteiger partial charge in [-0.1, -0.05) is 25.4 Å². The van der Waals surface area contributed by atoms with Crippen LogP contribution in [0.1, 0.15) is 25.5 Å². The first-order valence-electron chi connectivity index (χ1n) is 4.79. The first-order chi connectivity index (χ1) is 6.94. The zero-order valence-corrected chi connectivity index (χ0v) is 9.32. The average molecular weight is 226 g/mol. The van der Waals surface area contributed by atoms with Gasteiger partial charge in [0.15, 0.2) is 0 Å². The minimum Gasteiger partial charge on any atom is -0.481 e. The highest BCUT2D eigenvalue weighted by Crippen LogP contribution is 2.63. The number of hydrogen-bond acceptors (Lipinski definition) is 2. The maximum absolute atomic E-state index is 11.0. The van der Waals surface area contributed by atoms with Crippen LogP contribution in [-0.4, -0.2) is 16.1 Å². The largest absolute Gasteiger partial charge is 0.481 e. The minimum absolute atomic E-state index is 0.00673. The normalized spacial score (nSPS) is 27.4. The number of carbonyl (C=O) groups is 1. The molecule has 2 unspecified atom stereocenters. The summed E-state index contributed by atoms with van der Waals surface area (Å²) in [7, 11) is 0. The van der Waals surface area contributed by atoms with Gasteiger partial charge in [-0.25, -0.2) is 0 Å². The predicted octanol–water partition coefficient (Wildman–Crippen LogP) is 2.56. The third-order valence-corrected chi connectivity index (χ3v) is 3.39. The second-order valence-corrected chi connectivity index (χ2v) is 4.95. The van der Waals surface area contributed by atoms with E-state index in [1.54, 1.807) is 18.3 Å². The van der Waals surface area contributed by atoms with Crippen molar-refractivity contribution in [3.8, 4) is 0 Å². The van der Waals surface area contributed by atoms with E-state index in [4.69, 9.17) is 16.7 Å². The van der Waals surface area contributed by atoms with E-state index in [1.165, 1.54) is 0 Å². The third kappa shape index (κ3) is 1.61. The fourth-order valence-electron chi connectivity index (χ4n) is 2.22. The molecule has 2 atom stereocenters. The number of carboxylic acids is 1. The van der Waals surface area contributed by atoms with Crippen molar-refractivity contribution in [3.63, 3.8) is 0 Å². The van der Waals surface area contributed by atoms with Crippen LogP contribution in [0.5, 0.6) is 0 Å². The lowest BCUT2D eigenvalue weighted by Gasteiger charge is -2.01. The number of nitrogens with zero attached hydrogens (tertiary/aromatic N) is 1. The highest BCUT2D eigenvalue weighted by Gasteiger charge is 2.63. The predicted molar refractivity (Wildman–Crippen MR) is 56.9 cm³/mol. The van der Waals surface area contributed by atoms with Gasteiger partial charge in [-0.15, -0.1) is 0 Å². The zero-order valence-electron chi connectivity index (χ0n) is 8.57. The van der Waals surface area contributed by atoms with Crippen molar-refractivity contribution < 1.29 is 9.90 Å². The molecule has 0 radical (unpaired) electrons. The van der Waals surface area contributed by atoms with Crippen molar-refractivity contribution in [1.82, 2.24) is 4.98 Å². The number of halogens is 1. The third-order valence-electron chi connectivity index (χ3n) is 3.16. The first kappa shape index (κ1) is 10.4. The van der Waals surface area contributed by atoms with Crippen LogP contribution in [0.2, 0.25) is 5.02 Å². The Balaban J connectivity index is 2.27. The van der Waals surface area contributed by atoms with Crippen LogP contribution < -0.4 is 0 Å². The molecule has 0 aliphatic heterocycles. The van der Waals surface area contributed by atoms with Crippen molar-refractivity contribution in [2.75, 3.05) is 0 Å². The molecular formula is C11H12ClNO2. The summed E-state index contributed by atoms with van der Waals surface area (Å²) in [6.45, 7) is 3.90. The molecule has 15 heavy (non-hydrogen) atoms. The zero-order chi connectivity index (χ0) is 11.2. The van der Waals surface area contributed by atoms with Crippen LogP contribution in [0, 0.1) is 11.3 Å². The van der Waals surface area contributed by atoms with Gasteiger partial charge < -0.3 is 5.11 Å². The van der Waals surface area contributed by atoms with Gasteiger partial charge in [0.1, 0.15) is 0 Å². The fraction of sp³-hybridized carbons (Fsp3) is 0.455. The Morgan fingerprint density at radius 2 is 2.20 bits per heavy atom. The van der Waals surface area contributed by atoms with E-state index in [9.17, 15) is 4.79 Å². The summed E-state index contributed by atoms with van der Waals surface area (Å²) in [6, 6.07) is 3.55. The Morgan fingerprint density at radius 1 is 1.53 bits per heavy atom. The maximum atomic E-state index is 11.0. The Bertz CT molecular complexity index is 400. The van der Waals surface area contributed by atoms with E-state index in [-0.39, 0.29) is 17.3 Å². The molecule has 4 heteroatoms. The Hall–Kier alpha value is -1.09. The van der Waals surface area contributed by atoms with Gasteiger partial charge >= 0.3 is 5.97 Å². The van der Waals surface area contributed by atoms with Crippen LogP contribution >= 0.6 is 11.6 Å². The molecule has 1 aliphatic rings. The van der Waals surface area contributed by atoms with Gasteiger partial charge in [-0.05, 0) is 17.5 Å². The summed E-state index contributed by atoms with van der Waals surface area (Å²) in [6.07, 6.45) is 1.56. The van der Waals surface area contributed by atoms with E-state index in [2.05, 4.69) is 4.98 Å². The van der Waals surface area contributed by atoms with Crippen LogP contribution in [0.15, 0.2) is 18.3 Å². The van der Waals surface area contributed by atoms with Crippen LogP contribution in [0.3, 0.4) is 0 Å². The SMILES string of the molecule is CC1(C)C(C(=O)O)C1c1ccc(Cl)cn1. The highest BCUT2D eigenvalue weighted by molar-refractivity contribution is 6.30. The molecule has 3 nitrogen and oxygen atoms in total. The molecule has 1 N–H and O–H groups in total. The van der Waals surface area contributed by atoms with E-state index in [1.807, 2.05) is 13.8 Å². The Labute approximate surface area is 93.1 Å². The topological polar surface area (TPSA) is 50.2 Å². The number of rotatable bonds is 2. The number of pyridine rings is 1. The lowest BCUT2D eigenvalue weighted by Crippen LogP contribution is -2.03. The molecule has 0 amide bonds. The van der Waals surface area contributed by atoms with Crippen molar-refractivity contribution in [1.29, 1.82) is 0 Å². The standard InChI is InChI=1S/C11H12ClNO2/c1-11(2)8(9(11)10(14)15)7-4-3-6(12)5-13-7/h3-5,8-9H,1-2H3,(H,14,15). The molecule has 80 valence electrons. The molecule has 0 spiro atoms. The summed E-state index contributed by atoms with van der Waals surface area (Å²) in [5, 5.41) is 9.59. The first-order valence-corrected chi connectivity index (χ1v) is 5.16. The number of hydrogen-bond donors (Lipinski definition) is 1. The summed E-state index contributed by atoms with van der Waals surface area (Å²) >= 11 is 5.73. The van der Waals surface area contributed by atoms with Gasteiger partial charge in [0.05, 0.1) is 10.9 Å². The molecule has 1 aromatic rings. The Morgan fingerprint density at radius 3 is 2.60 bits per heavy atom. The van der Waals surface area contributed by atoms with E-state index in [0.29, 0.717) is 5.02 Å². The van der Waals surface area contributed by atoms with Gasteiger partial charge in [-0.3, -0.25) is 9.78 Å². The molecular weight excluding hydrogens is 214 g/mol. The summed E-state index contributed by atoms with van der Waals surface area (Å²) in [4.78, 5) is 15.1. The lowest BCUT2D eigenvalue weighted by molar-refractivity contribution is -0.139. The van der Waals surface area contributed by atoms with E-state index < -0.39 is 5.97 Å². The Kier molecular flexibility index (Phi) is 2.23. The fourth-order valence-corrected chi connectivity index (χ4v) is 2.33. The van der Waals surface area contributed by atoms with Crippen molar-refractivity contribution >= 4 is 17.6 Å². The van der Waals surface area contributed by atoms with Gasteiger partial charge in [0, 0.05) is 17.8 Å². The van der Waals surface area contributed by atoms with Gasteiger partial charge in [0.2, 0.25) is 0 Å². The second-order valence-electron chi connectivity index (χ2n) is 4.52.